The molecule has 0 unspecified atom stereocenters. The Balaban J connectivity index is 0.000000315. The molecular weight excluding hydrogens is 787 g/mol. The Morgan fingerprint density at radius 3 is 1.13 bits per heavy atom. The molecule has 0 fully saturated rings. The minimum absolute atomic E-state index is 0. The molecule has 4 aromatic carbocycles. The minimum Gasteiger partial charge on any atom is -0.870 e. The Hall–Kier alpha value is -7.06. The van der Waals surface area contributed by atoms with Gasteiger partial charge in [-0.1, -0.05) is 34.6 Å². The maximum atomic E-state index is 12.3. The number of amides is 2. The SMILES string of the molecule is COC(=O)CNC(=O)Cc1onc(-c2ccc(OC)cc2)c1-c1ccc(OC)cc1.COc1ccc(-c2noc(CC(=O)NCC(=O)O)c2-c2ccc(OC)cc2)cc1.[Li+].[OH-]. The molecule has 314 valence electrons. The number of benzene rings is 4. The summed E-state index contributed by atoms with van der Waals surface area (Å²) in [5.41, 5.74) is 5.72. The molecule has 6 aromatic rings. The molecule has 18 heteroatoms. The van der Waals surface area contributed by atoms with Crippen molar-refractivity contribution in [3.63, 3.8) is 0 Å². The van der Waals surface area contributed by atoms with Crippen LogP contribution in [0.15, 0.2) is 106 Å². The van der Waals surface area contributed by atoms with E-state index < -0.39 is 24.4 Å². The number of nitrogens with zero attached hydrogens (tertiary/aromatic N) is 2. The van der Waals surface area contributed by atoms with Gasteiger partial charge < -0.3 is 53.9 Å². The zero-order chi connectivity index (χ0) is 42.3. The second kappa shape index (κ2) is 23.5. The van der Waals surface area contributed by atoms with Gasteiger partial charge in [0.25, 0.3) is 0 Å². The summed E-state index contributed by atoms with van der Waals surface area (Å²) in [6, 6.07) is 29.4. The normalized spacial score (nSPS) is 10.0. The van der Waals surface area contributed by atoms with Crippen LogP contribution in [-0.4, -0.2) is 93.3 Å². The third kappa shape index (κ3) is 13.0. The molecule has 61 heavy (non-hydrogen) atoms. The molecule has 6 rings (SSSR count). The fourth-order valence-corrected chi connectivity index (χ4v) is 5.73. The summed E-state index contributed by atoms with van der Waals surface area (Å²) in [6.45, 7) is -0.678. The maximum Gasteiger partial charge on any atom is 1.00 e. The molecule has 0 saturated carbocycles. The number of hydrogen-bond donors (Lipinski definition) is 3. The number of ether oxygens (including phenoxy) is 5. The summed E-state index contributed by atoms with van der Waals surface area (Å²) < 4.78 is 36.4. The van der Waals surface area contributed by atoms with Crippen LogP contribution in [0.3, 0.4) is 0 Å². The van der Waals surface area contributed by atoms with Crippen LogP contribution in [0.4, 0.5) is 0 Å². The molecule has 0 bridgehead atoms. The molecule has 2 aromatic heterocycles. The van der Waals surface area contributed by atoms with E-state index >= 15 is 0 Å². The van der Waals surface area contributed by atoms with Crippen LogP contribution in [0.2, 0.25) is 0 Å². The van der Waals surface area contributed by atoms with Gasteiger partial charge >= 0.3 is 30.8 Å². The van der Waals surface area contributed by atoms with Crippen molar-refractivity contribution in [2.24, 2.45) is 0 Å². The molecule has 2 heterocycles. The van der Waals surface area contributed by atoms with Crippen molar-refractivity contribution in [3.05, 3.63) is 109 Å². The van der Waals surface area contributed by atoms with Crippen LogP contribution in [0.25, 0.3) is 44.8 Å². The molecule has 0 atom stereocenters. The number of hydrogen-bond acceptors (Lipinski definition) is 14. The number of rotatable bonds is 16. The summed E-state index contributed by atoms with van der Waals surface area (Å²) in [5.74, 6) is 1.03. The van der Waals surface area contributed by atoms with Crippen molar-refractivity contribution in [2.45, 2.75) is 12.8 Å². The first-order chi connectivity index (χ1) is 28.6. The number of aromatic nitrogens is 2. The quantitative estimate of drug-likeness (QED) is 0.0938. The van der Waals surface area contributed by atoms with E-state index in [2.05, 4.69) is 25.7 Å². The van der Waals surface area contributed by atoms with Crippen molar-refractivity contribution in [2.75, 3.05) is 48.6 Å². The molecule has 0 radical (unpaired) electrons. The van der Waals surface area contributed by atoms with Crippen molar-refractivity contribution < 1.29 is 81.4 Å². The first-order valence-electron chi connectivity index (χ1n) is 17.9. The third-order valence-corrected chi connectivity index (χ3v) is 8.75. The van der Waals surface area contributed by atoms with E-state index in [-0.39, 0.29) is 49.6 Å². The first-order valence-corrected chi connectivity index (χ1v) is 17.9. The largest absolute Gasteiger partial charge is 1.00 e. The molecule has 2 amide bonds. The van der Waals surface area contributed by atoms with Gasteiger partial charge in [-0.2, -0.15) is 0 Å². The number of carbonyl (C=O) groups excluding carboxylic acids is 3. The molecule has 0 saturated heterocycles. The topological polar surface area (TPSA) is 241 Å². The van der Waals surface area contributed by atoms with Gasteiger partial charge in [0.1, 0.15) is 47.5 Å². The first kappa shape index (κ1) is 48.3. The van der Waals surface area contributed by atoms with Gasteiger partial charge in [-0.05, 0) is 83.9 Å². The van der Waals surface area contributed by atoms with E-state index in [4.69, 9.17) is 33.1 Å². The van der Waals surface area contributed by atoms with Crippen LogP contribution >= 0.6 is 0 Å². The zero-order valence-corrected chi connectivity index (χ0v) is 34.3. The maximum absolute atomic E-state index is 12.3. The van der Waals surface area contributed by atoms with E-state index in [0.29, 0.717) is 51.3 Å². The van der Waals surface area contributed by atoms with Gasteiger partial charge in [-0.15, -0.1) is 0 Å². The van der Waals surface area contributed by atoms with E-state index in [9.17, 15) is 19.2 Å². The van der Waals surface area contributed by atoms with Crippen molar-refractivity contribution in [1.82, 2.24) is 20.9 Å². The monoisotopic (exact) mass is 830 g/mol. The predicted octanol–water partition coefficient (Wildman–Crippen LogP) is 2.45. The number of aliphatic carboxylic acids is 1. The average Bonchev–Trinajstić information content (AvgIpc) is 3.89. The third-order valence-electron chi connectivity index (χ3n) is 8.75. The fourth-order valence-electron chi connectivity index (χ4n) is 5.73. The Labute approximate surface area is 362 Å². The predicted molar refractivity (Wildman–Crippen MR) is 216 cm³/mol. The Kier molecular flexibility index (Phi) is 18.6. The molecule has 0 aliphatic heterocycles. The van der Waals surface area contributed by atoms with Gasteiger partial charge in [0, 0.05) is 11.1 Å². The van der Waals surface area contributed by atoms with E-state index in [1.165, 1.54) is 7.11 Å². The number of methoxy groups -OCH3 is 5. The van der Waals surface area contributed by atoms with Crippen LogP contribution in [0.1, 0.15) is 11.5 Å². The number of esters is 1. The Bertz CT molecular complexity index is 2340. The number of carbonyl (C=O) groups is 4. The van der Waals surface area contributed by atoms with E-state index in [1.54, 1.807) is 52.7 Å². The Morgan fingerprint density at radius 2 is 0.836 bits per heavy atom. The van der Waals surface area contributed by atoms with Crippen molar-refractivity contribution in [3.8, 4) is 67.8 Å². The summed E-state index contributed by atoms with van der Waals surface area (Å²) in [6.07, 6.45) is -0.223. The molecule has 0 spiro atoms. The zero-order valence-electron chi connectivity index (χ0n) is 34.3. The smallest absolute Gasteiger partial charge is 0.870 e. The summed E-state index contributed by atoms with van der Waals surface area (Å²) in [5, 5.41) is 21.9. The van der Waals surface area contributed by atoms with Crippen LogP contribution in [0, 0.1) is 0 Å². The molecule has 0 aliphatic rings. The number of nitrogens with one attached hydrogen (secondary N) is 2. The fraction of sp³-hybridized carbons (Fsp3) is 0.209. The van der Waals surface area contributed by atoms with Crippen LogP contribution in [-0.2, 0) is 36.8 Å². The molecule has 17 nitrogen and oxygen atoms in total. The van der Waals surface area contributed by atoms with E-state index in [0.717, 1.165) is 28.0 Å². The summed E-state index contributed by atoms with van der Waals surface area (Å²) in [4.78, 5) is 46.4. The summed E-state index contributed by atoms with van der Waals surface area (Å²) in [7, 11) is 7.61. The van der Waals surface area contributed by atoms with Gasteiger partial charge in [-0.3, -0.25) is 19.2 Å². The number of carboxylic acids is 1. The average molecular weight is 831 g/mol. The minimum atomic E-state index is -1.12. The van der Waals surface area contributed by atoms with Gasteiger partial charge in [0.2, 0.25) is 11.8 Å². The number of carboxylic acid groups (broad SMARTS) is 1. The van der Waals surface area contributed by atoms with Crippen LogP contribution in [0.5, 0.6) is 23.0 Å². The standard InChI is InChI=1S/C22H22N2O6.C21H20N2O6.Li.H2O/c1-27-16-8-4-14(5-9-16)21-18(12-19(25)23-13-20(26)29-3)30-24-22(21)15-6-10-17(28-2)11-7-15;1-27-15-7-3-13(4-8-15)20-17(11-18(24)22-12-19(25)26)29-23-21(20)14-5-9-16(28-2)10-6-14;;/h4-11H,12-13H2,1-3H3,(H,23,25);3-10H,11-12H2,1-2H3,(H,22,24)(H,25,26);;1H2/q;;+1;/p-1. The van der Waals surface area contributed by atoms with Crippen LogP contribution < -0.4 is 48.4 Å². The summed E-state index contributed by atoms with van der Waals surface area (Å²) >= 11 is 0. The van der Waals surface area contributed by atoms with Gasteiger partial charge in [0.15, 0.2) is 11.5 Å². The molecular formula is C43H43LiN4O13. The van der Waals surface area contributed by atoms with E-state index in [1.807, 2.05) is 72.8 Å². The van der Waals surface area contributed by atoms with Crippen molar-refractivity contribution >= 4 is 23.8 Å². The van der Waals surface area contributed by atoms with Crippen molar-refractivity contribution in [1.29, 1.82) is 0 Å². The second-order valence-electron chi connectivity index (χ2n) is 12.4. The molecule has 4 N–H and O–H groups in total. The second-order valence-corrected chi connectivity index (χ2v) is 12.4. The molecule has 0 aliphatic carbocycles. The Morgan fingerprint density at radius 1 is 0.525 bits per heavy atom. The van der Waals surface area contributed by atoms with Gasteiger partial charge in [0.05, 0.1) is 59.5 Å². The van der Waals surface area contributed by atoms with Gasteiger partial charge in [-0.25, -0.2) is 0 Å².